The van der Waals surface area contributed by atoms with Crippen molar-refractivity contribution in [1.82, 2.24) is 5.32 Å². The Labute approximate surface area is 218 Å². The quantitative estimate of drug-likeness (QED) is 0.315. The van der Waals surface area contributed by atoms with Crippen molar-refractivity contribution in [2.45, 2.75) is 0 Å². The van der Waals surface area contributed by atoms with Crippen LogP contribution in [0.25, 0.3) is 6.08 Å². The Balaban J connectivity index is 1.50. The lowest BCUT2D eigenvalue weighted by Crippen LogP contribution is -2.31. The van der Waals surface area contributed by atoms with E-state index in [1.165, 1.54) is 42.5 Å². The SMILES string of the molecule is O=C(Nc1cccc(C(=O)[O-])c1)/C(=C/c1ccccc1)NC(=O)c1ccc(NC(=O)c2ccccc2)cc1. The number of anilines is 2. The Morgan fingerprint density at radius 1 is 0.579 bits per heavy atom. The van der Waals surface area contributed by atoms with Crippen LogP contribution in [0.1, 0.15) is 36.6 Å². The van der Waals surface area contributed by atoms with Gasteiger partial charge in [-0.3, -0.25) is 14.4 Å². The molecule has 0 fully saturated rings. The Morgan fingerprint density at radius 2 is 1.18 bits per heavy atom. The summed E-state index contributed by atoms with van der Waals surface area (Å²) in [4.78, 5) is 49.6. The number of aromatic carboxylic acids is 1. The molecule has 3 amide bonds. The van der Waals surface area contributed by atoms with Gasteiger partial charge in [-0.25, -0.2) is 0 Å². The molecule has 188 valence electrons. The molecule has 38 heavy (non-hydrogen) atoms. The predicted octanol–water partition coefficient (Wildman–Crippen LogP) is 3.71. The number of benzene rings is 4. The first kappa shape index (κ1) is 25.6. The lowest BCUT2D eigenvalue weighted by molar-refractivity contribution is -0.255. The Hall–Kier alpha value is -5.50. The van der Waals surface area contributed by atoms with Gasteiger partial charge in [-0.15, -0.1) is 0 Å². The molecule has 0 spiro atoms. The largest absolute Gasteiger partial charge is 0.545 e. The summed E-state index contributed by atoms with van der Waals surface area (Å²) in [5.74, 6) is -2.86. The lowest BCUT2D eigenvalue weighted by atomic mass is 10.1. The number of hydrogen-bond acceptors (Lipinski definition) is 5. The number of nitrogens with one attached hydrogen (secondary N) is 3. The molecule has 0 aliphatic rings. The molecule has 0 atom stereocenters. The molecule has 0 saturated carbocycles. The van der Waals surface area contributed by atoms with Crippen LogP contribution < -0.4 is 21.1 Å². The third-order valence-electron chi connectivity index (χ3n) is 5.40. The maximum absolute atomic E-state index is 13.1. The van der Waals surface area contributed by atoms with Gasteiger partial charge in [-0.2, -0.15) is 0 Å². The molecule has 0 aliphatic heterocycles. The Bertz CT molecular complexity index is 1500. The number of rotatable bonds is 8. The van der Waals surface area contributed by atoms with E-state index in [4.69, 9.17) is 0 Å². The highest BCUT2D eigenvalue weighted by molar-refractivity contribution is 6.11. The zero-order valence-corrected chi connectivity index (χ0v) is 20.0. The van der Waals surface area contributed by atoms with Crippen LogP contribution in [0.15, 0.2) is 115 Å². The first-order valence-electron chi connectivity index (χ1n) is 11.6. The van der Waals surface area contributed by atoms with E-state index in [2.05, 4.69) is 16.0 Å². The van der Waals surface area contributed by atoms with Gasteiger partial charge in [0.25, 0.3) is 17.7 Å². The van der Waals surface area contributed by atoms with E-state index in [0.29, 0.717) is 16.8 Å². The van der Waals surface area contributed by atoms with E-state index in [-0.39, 0.29) is 28.4 Å². The van der Waals surface area contributed by atoms with Gasteiger partial charge < -0.3 is 25.9 Å². The Morgan fingerprint density at radius 3 is 1.84 bits per heavy atom. The molecule has 4 aromatic carbocycles. The van der Waals surface area contributed by atoms with Crippen molar-refractivity contribution in [2.75, 3.05) is 10.6 Å². The van der Waals surface area contributed by atoms with Gasteiger partial charge in [0.15, 0.2) is 0 Å². The van der Waals surface area contributed by atoms with Crippen molar-refractivity contribution in [3.05, 3.63) is 137 Å². The van der Waals surface area contributed by atoms with E-state index < -0.39 is 17.8 Å². The third-order valence-corrected chi connectivity index (χ3v) is 5.40. The average Bonchev–Trinajstić information content (AvgIpc) is 2.94. The summed E-state index contributed by atoms with van der Waals surface area (Å²) in [5.41, 5.74) is 2.00. The summed E-state index contributed by atoms with van der Waals surface area (Å²) in [6.45, 7) is 0. The van der Waals surface area contributed by atoms with E-state index in [9.17, 15) is 24.3 Å². The highest BCUT2D eigenvalue weighted by Crippen LogP contribution is 2.15. The highest BCUT2D eigenvalue weighted by atomic mass is 16.4. The molecule has 0 saturated heterocycles. The second-order valence-corrected chi connectivity index (χ2v) is 8.14. The fraction of sp³-hybridized carbons (Fsp3) is 0. The molecule has 0 heterocycles. The second kappa shape index (κ2) is 12.0. The number of carbonyl (C=O) groups is 4. The third kappa shape index (κ3) is 6.79. The molecule has 0 radical (unpaired) electrons. The predicted molar refractivity (Wildman–Crippen MR) is 142 cm³/mol. The van der Waals surface area contributed by atoms with E-state index in [0.717, 1.165) is 0 Å². The van der Waals surface area contributed by atoms with Crippen molar-refractivity contribution < 1.29 is 24.3 Å². The molecule has 4 aromatic rings. The van der Waals surface area contributed by atoms with Crippen LogP contribution in [0, 0.1) is 0 Å². The molecule has 0 aromatic heterocycles. The standard InChI is InChI=1S/C30H23N3O5/c34-27(21-10-5-2-6-11-21)31-24-16-14-22(15-17-24)28(35)33-26(18-20-8-3-1-4-9-20)29(36)32-25-13-7-12-23(19-25)30(37)38/h1-19H,(H,31,34)(H,32,36)(H,33,35)(H,37,38)/p-1/b26-18-. The van der Waals surface area contributed by atoms with Gasteiger partial charge in [-0.1, -0.05) is 60.7 Å². The summed E-state index contributed by atoms with van der Waals surface area (Å²) in [7, 11) is 0. The molecule has 4 rings (SSSR count). The minimum atomic E-state index is -1.38. The van der Waals surface area contributed by atoms with Gasteiger partial charge in [0.1, 0.15) is 5.70 Å². The van der Waals surface area contributed by atoms with Crippen molar-refractivity contribution >= 4 is 41.1 Å². The molecule has 8 heteroatoms. The van der Waals surface area contributed by atoms with Crippen LogP contribution >= 0.6 is 0 Å². The maximum Gasteiger partial charge on any atom is 0.272 e. The maximum atomic E-state index is 13.1. The average molecular weight is 505 g/mol. The van der Waals surface area contributed by atoms with Gasteiger partial charge in [0.2, 0.25) is 0 Å². The minimum Gasteiger partial charge on any atom is -0.545 e. The molecule has 0 unspecified atom stereocenters. The molecular weight excluding hydrogens is 482 g/mol. The first-order chi connectivity index (χ1) is 18.4. The summed E-state index contributed by atoms with van der Waals surface area (Å²) in [5, 5.41) is 19.1. The van der Waals surface area contributed by atoms with Crippen LogP contribution in [0.4, 0.5) is 11.4 Å². The van der Waals surface area contributed by atoms with E-state index in [1.807, 2.05) is 12.1 Å². The van der Waals surface area contributed by atoms with Crippen molar-refractivity contribution in [3.63, 3.8) is 0 Å². The lowest BCUT2D eigenvalue weighted by Gasteiger charge is -2.13. The summed E-state index contributed by atoms with van der Waals surface area (Å²) >= 11 is 0. The second-order valence-electron chi connectivity index (χ2n) is 8.14. The first-order valence-corrected chi connectivity index (χ1v) is 11.6. The Kier molecular flexibility index (Phi) is 8.05. The number of carboxylic acids is 1. The number of amides is 3. The van der Waals surface area contributed by atoms with Crippen LogP contribution in [0.5, 0.6) is 0 Å². The summed E-state index contributed by atoms with van der Waals surface area (Å²) in [6.07, 6.45) is 1.50. The molecule has 0 bridgehead atoms. The normalized spacial score (nSPS) is 10.8. The van der Waals surface area contributed by atoms with E-state index >= 15 is 0 Å². The smallest absolute Gasteiger partial charge is 0.272 e. The van der Waals surface area contributed by atoms with Crippen molar-refractivity contribution in [2.24, 2.45) is 0 Å². The number of hydrogen-bond donors (Lipinski definition) is 3. The fourth-order valence-corrected chi connectivity index (χ4v) is 3.49. The van der Waals surface area contributed by atoms with Crippen molar-refractivity contribution in [3.8, 4) is 0 Å². The summed E-state index contributed by atoms with van der Waals surface area (Å²) < 4.78 is 0. The molecule has 3 N–H and O–H groups in total. The van der Waals surface area contributed by atoms with Crippen LogP contribution in [0.3, 0.4) is 0 Å². The van der Waals surface area contributed by atoms with Crippen molar-refractivity contribution in [1.29, 1.82) is 0 Å². The fourth-order valence-electron chi connectivity index (χ4n) is 3.49. The van der Waals surface area contributed by atoms with Gasteiger partial charge >= 0.3 is 0 Å². The topological polar surface area (TPSA) is 127 Å². The van der Waals surface area contributed by atoms with Gasteiger partial charge in [0.05, 0.1) is 5.97 Å². The highest BCUT2D eigenvalue weighted by Gasteiger charge is 2.16. The zero-order valence-electron chi connectivity index (χ0n) is 20.0. The number of carboxylic acid groups (broad SMARTS) is 1. The molecule has 0 aliphatic carbocycles. The van der Waals surface area contributed by atoms with Crippen LogP contribution in [-0.4, -0.2) is 23.7 Å². The monoisotopic (exact) mass is 504 g/mol. The van der Waals surface area contributed by atoms with Gasteiger partial charge in [0, 0.05) is 22.5 Å². The molecular formula is C30H22N3O5-. The van der Waals surface area contributed by atoms with Crippen LogP contribution in [0.2, 0.25) is 0 Å². The van der Waals surface area contributed by atoms with Gasteiger partial charge in [-0.05, 0) is 65.7 Å². The summed E-state index contributed by atoms with van der Waals surface area (Å²) in [6, 6.07) is 29.5. The number of carbonyl (C=O) groups excluding carboxylic acids is 4. The van der Waals surface area contributed by atoms with E-state index in [1.54, 1.807) is 60.7 Å². The van der Waals surface area contributed by atoms with Crippen LogP contribution in [-0.2, 0) is 4.79 Å². The zero-order chi connectivity index (χ0) is 26.9. The molecule has 8 nitrogen and oxygen atoms in total. The minimum absolute atomic E-state index is 0.0542.